The summed E-state index contributed by atoms with van der Waals surface area (Å²) in [5.41, 5.74) is 11.8. The Hall–Kier alpha value is -3.26. The number of nitrogens with two attached hydrogens (primary N) is 1. The quantitative estimate of drug-likeness (QED) is 0.457. The summed E-state index contributed by atoms with van der Waals surface area (Å²) in [7, 11) is 0. The van der Waals surface area contributed by atoms with Gasteiger partial charge in [-0.2, -0.15) is 8.78 Å². The van der Waals surface area contributed by atoms with Crippen molar-refractivity contribution < 1.29 is 8.78 Å². The Balaban J connectivity index is 1.43. The van der Waals surface area contributed by atoms with Gasteiger partial charge in [-0.15, -0.1) is 0 Å². The summed E-state index contributed by atoms with van der Waals surface area (Å²) in [6, 6.07) is 10.2. The van der Waals surface area contributed by atoms with Crippen molar-refractivity contribution in [2.45, 2.75) is 26.3 Å². The maximum Gasteiger partial charge on any atom is 0.269 e. The van der Waals surface area contributed by atoms with E-state index >= 15 is 0 Å². The molecule has 6 nitrogen and oxygen atoms in total. The first kappa shape index (κ1) is 18.7. The van der Waals surface area contributed by atoms with Crippen molar-refractivity contribution in [2.75, 3.05) is 18.8 Å². The van der Waals surface area contributed by atoms with Crippen molar-refractivity contribution in [3.63, 3.8) is 0 Å². The van der Waals surface area contributed by atoms with Gasteiger partial charge >= 0.3 is 0 Å². The lowest BCUT2D eigenvalue weighted by Crippen LogP contribution is -2.30. The molecule has 0 amide bonds. The van der Waals surface area contributed by atoms with E-state index in [0.29, 0.717) is 43.0 Å². The van der Waals surface area contributed by atoms with Crippen LogP contribution < -0.4 is 5.73 Å². The van der Waals surface area contributed by atoms with Crippen molar-refractivity contribution >= 4 is 27.9 Å². The Kier molecular flexibility index (Phi) is 4.51. The average Bonchev–Trinajstić information content (AvgIpc) is 3.29. The zero-order valence-electron chi connectivity index (χ0n) is 16.6. The average molecular weight is 408 g/mol. The molecular weight excluding hydrogens is 386 g/mol. The number of nitrogens with zero attached hydrogens (tertiary/aromatic N) is 3. The number of likely N-dealkylation sites (tertiary alicyclic amines) is 1. The number of hydrogen-bond acceptors (Lipinski definition) is 4. The van der Waals surface area contributed by atoms with E-state index in [4.69, 9.17) is 5.73 Å². The summed E-state index contributed by atoms with van der Waals surface area (Å²) >= 11 is 0. The fourth-order valence-electron chi connectivity index (χ4n) is 4.18. The van der Waals surface area contributed by atoms with Gasteiger partial charge in [-0.1, -0.05) is 6.07 Å². The summed E-state index contributed by atoms with van der Waals surface area (Å²) in [4.78, 5) is 17.7. The maximum atomic E-state index is 12.8. The topological polar surface area (TPSA) is 86.6 Å². The van der Waals surface area contributed by atoms with Gasteiger partial charge in [0, 0.05) is 41.8 Å². The second kappa shape index (κ2) is 7.21. The third-order valence-corrected chi connectivity index (χ3v) is 5.70. The Labute approximate surface area is 171 Å². The standard InChI is InChI=1S/C22H22F2N6/c1-12-26-20-16(10-19(25)29-22(20)27-12)18-9-15-8-13(2-3-17(15)28-18)11-30-6-4-14(5-7-30)21(23)24/h2-3,8-10,28H,4-7,11H2,1H3,(H3,25,26,27,29). The van der Waals surface area contributed by atoms with Gasteiger partial charge < -0.3 is 15.7 Å². The van der Waals surface area contributed by atoms with Gasteiger partial charge in [-0.25, -0.2) is 9.97 Å². The lowest BCUT2D eigenvalue weighted by Gasteiger charge is -2.27. The third kappa shape index (κ3) is 3.43. The van der Waals surface area contributed by atoms with Crippen molar-refractivity contribution in [2.24, 2.45) is 0 Å². The molecule has 3 aromatic heterocycles. The molecule has 5 rings (SSSR count). The van der Waals surface area contributed by atoms with E-state index in [2.05, 4.69) is 49.1 Å². The van der Waals surface area contributed by atoms with Crippen LogP contribution >= 0.6 is 0 Å². The van der Waals surface area contributed by atoms with Crippen LogP contribution in [-0.2, 0) is 6.54 Å². The molecule has 1 aromatic carbocycles. The number of H-pyrrole nitrogens is 2. The molecule has 0 spiro atoms. The van der Waals surface area contributed by atoms with Gasteiger partial charge in [0.25, 0.3) is 6.08 Å². The summed E-state index contributed by atoms with van der Waals surface area (Å²) in [5.74, 6) is 1.22. The minimum Gasteiger partial charge on any atom is -0.384 e. The van der Waals surface area contributed by atoms with Crippen molar-refractivity contribution in [1.82, 2.24) is 24.8 Å². The fourth-order valence-corrected chi connectivity index (χ4v) is 4.18. The van der Waals surface area contributed by atoms with E-state index in [1.54, 1.807) is 0 Å². The number of aryl methyl sites for hydroxylation is 1. The zero-order valence-corrected chi connectivity index (χ0v) is 16.6. The number of anilines is 1. The number of pyridine rings is 1. The molecule has 30 heavy (non-hydrogen) atoms. The summed E-state index contributed by atoms with van der Waals surface area (Å²) in [6.07, 6.45) is -0.614. The summed E-state index contributed by atoms with van der Waals surface area (Å²) in [6.45, 7) is 3.97. The summed E-state index contributed by atoms with van der Waals surface area (Å²) < 4.78 is 25.5. The lowest BCUT2D eigenvalue weighted by molar-refractivity contribution is 0.240. The predicted molar refractivity (Wildman–Crippen MR) is 114 cm³/mol. The highest BCUT2D eigenvalue weighted by atomic mass is 19.3. The highest BCUT2D eigenvalue weighted by Gasteiger charge is 2.18. The molecule has 1 aliphatic heterocycles. The van der Waals surface area contributed by atoms with Gasteiger partial charge in [-0.05, 0) is 55.2 Å². The number of nitrogen functional groups attached to an aromatic ring is 1. The smallest absolute Gasteiger partial charge is 0.269 e. The van der Waals surface area contributed by atoms with Gasteiger partial charge in [0.1, 0.15) is 17.2 Å². The molecule has 1 aliphatic rings. The van der Waals surface area contributed by atoms with Gasteiger partial charge in [-0.3, -0.25) is 4.90 Å². The second-order valence-corrected chi connectivity index (χ2v) is 7.86. The first-order valence-corrected chi connectivity index (χ1v) is 9.96. The van der Waals surface area contributed by atoms with E-state index in [9.17, 15) is 8.78 Å². The van der Waals surface area contributed by atoms with Crippen molar-refractivity contribution in [1.29, 1.82) is 0 Å². The number of nitrogens with one attached hydrogen (secondary N) is 2. The normalized spacial score (nSPS) is 15.4. The molecule has 0 atom stereocenters. The predicted octanol–water partition coefficient (Wildman–Crippen LogP) is 4.74. The molecule has 8 heteroatoms. The van der Waals surface area contributed by atoms with Crippen LogP contribution in [-0.4, -0.2) is 37.9 Å². The molecule has 1 saturated heterocycles. The highest BCUT2D eigenvalue weighted by molar-refractivity contribution is 5.95. The van der Waals surface area contributed by atoms with E-state index in [1.807, 2.05) is 13.0 Å². The molecule has 4 aromatic rings. The maximum absolute atomic E-state index is 12.8. The number of benzene rings is 1. The minimum absolute atomic E-state index is 0.300. The fraction of sp³-hybridized carbons (Fsp3) is 0.273. The molecular formula is C22H22F2N6. The lowest BCUT2D eigenvalue weighted by atomic mass is 10.0. The number of halogens is 2. The molecule has 0 aliphatic carbocycles. The van der Waals surface area contributed by atoms with Crippen LogP contribution in [0, 0.1) is 6.92 Å². The van der Waals surface area contributed by atoms with Crippen LogP contribution in [0.2, 0.25) is 0 Å². The molecule has 154 valence electrons. The van der Waals surface area contributed by atoms with Crippen LogP contribution in [0.25, 0.3) is 33.3 Å². The Bertz CT molecular complexity index is 1270. The Morgan fingerprint density at radius 1 is 1.10 bits per heavy atom. The van der Waals surface area contributed by atoms with Crippen molar-refractivity contribution in [3.05, 3.63) is 53.4 Å². The number of imidazole rings is 1. The summed E-state index contributed by atoms with van der Waals surface area (Å²) in [5, 5.41) is 1.09. The number of aromatic amines is 2. The van der Waals surface area contributed by atoms with Crippen molar-refractivity contribution in [3.8, 4) is 11.3 Å². The molecule has 0 saturated carbocycles. The largest absolute Gasteiger partial charge is 0.384 e. The first-order valence-electron chi connectivity index (χ1n) is 9.96. The first-order chi connectivity index (χ1) is 14.5. The van der Waals surface area contributed by atoms with E-state index in [1.165, 1.54) is 0 Å². The van der Waals surface area contributed by atoms with E-state index in [-0.39, 0.29) is 0 Å². The Morgan fingerprint density at radius 3 is 2.67 bits per heavy atom. The van der Waals surface area contributed by atoms with E-state index in [0.717, 1.165) is 45.6 Å². The number of fused-ring (bicyclic) bond motifs is 2. The number of aromatic nitrogens is 4. The second-order valence-electron chi connectivity index (χ2n) is 7.86. The van der Waals surface area contributed by atoms with Crippen LogP contribution in [0.15, 0.2) is 42.0 Å². The van der Waals surface area contributed by atoms with Gasteiger partial charge in [0.15, 0.2) is 5.65 Å². The molecule has 0 bridgehead atoms. The SMILES string of the molecule is Cc1nc2c(-c3cc4cc(CN5CCC(=C(F)F)CC5)ccc4[nH]3)cc(N)nc2[nH]1. The minimum atomic E-state index is -1.51. The number of hydrogen-bond donors (Lipinski definition) is 3. The molecule has 4 N–H and O–H groups in total. The van der Waals surface area contributed by atoms with Crippen LogP contribution in [0.1, 0.15) is 24.2 Å². The highest BCUT2D eigenvalue weighted by Crippen LogP contribution is 2.31. The van der Waals surface area contributed by atoms with Crippen LogP contribution in [0.4, 0.5) is 14.6 Å². The van der Waals surface area contributed by atoms with Gasteiger partial charge in [0.05, 0.1) is 0 Å². The van der Waals surface area contributed by atoms with Gasteiger partial charge in [0.2, 0.25) is 0 Å². The zero-order chi connectivity index (χ0) is 20.8. The van der Waals surface area contributed by atoms with E-state index < -0.39 is 6.08 Å². The molecule has 1 fully saturated rings. The van der Waals surface area contributed by atoms with Crippen LogP contribution in [0.5, 0.6) is 0 Å². The monoisotopic (exact) mass is 408 g/mol. The molecule has 0 unspecified atom stereocenters. The third-order valence-electron chi connectivity index (χ3n) is 5.70. The molecule has 4 heterocycles. The number of rotatable bonds is 3. The molecule has 0 radical (unpaired) electrons. The Morgan fingerprint density at radius 2 is 1.90 bits per heavy atom. The van der Waals surface area contributed by atoms with Crippen LogP contribution in [0.3, 0.4) is 0 Å². The number of piperidine rings is 1.